The van der Waals surface area contributed by atoms with Crippen molar-refractivity contribution in [3.8, 4) is 22.2 Å². The number of benzene rings is 1. The first-order chi connectivity index (χ1) is 25.2. The number of nitrogens with one attached hydrogen (secondary N) is 2. The van der Waals surface area contributed by atoms with Crippen LogP contribution in [0.4, 0.5) is 0 Å². The molecule has 284 valence electrons. The van der Waals surface area contributed by atoms with Crippen molar-refractivity contribution in [1.29, 1.82) is 0 Å². The zero-order chi connectivity index (χ0) is 37.7. The third-order valence-corrected chi connectivity index (χ3v) is 14.2. The first-order valence-electron chi connectivity index (χ1n) is 18.5. The van der Waals surface area contributed by atoms with Crippen LogP contribution in [0, 0.1) is 5.92 Å². The molecular weight excluding hydrogens is 717 g/mol. The van der Waals surface area contributed by atoms with Crippen molar-refractivity contribution in [1.82, 2.24) is 24.9 Å². The van der Waals surface area contributed by atoms with Crippen LogP contribution >= 0.6 is 11.3 Å². The topological polar surface area (TPSA) is 183 Å². The van der Waals surface area contributed by atoms with E-state index in [1.54, 1.807) is 14.0 Å². The molecular formula is C38H48N6O7S2. The summed E-state index contributed by atoms with van der Waals surface area (Å²) in [5, 5.41) is 6.39. The quantitative estimate of drug-likeness (QED) is 0.275. The van der Waals surface area contributed by atoms with Gasteiger partial charge in [-0.15, -0.1) is 11.3 Å². The molecule has 0 unspecified atom stereocenters. The number of allylic oxidation sites excluding steroid dienone is 1. The highest BCUT2D eigenvalue weighted by Gasteiger charge is 2.63. The van der Waals surface area contributed by atoms with Gasteiger partial charge in [-0.3, -0.25) is 19.1 Å². The molecule has 15 heteroatoms. The maximum atomic E-state index is 14.3. The monoisotopic (exact) mass is 764 g/mol. The van der Waals surface area contributed by atoms with E-state index in [9.17, 15) is 22.8 Å². The zero-order valence-corrected chi connectivity index (χ0v) is 32.2. The van der Waals surface area contributed by atoms with E-state index in [4.69, 9.17) is 25.2 Å². The van der Waals surface area contributed by atoms with Gasteiger partial charge < -0.3 is 25.4 Å². The van der Waals surface area contributed by atoms with Crippen LogP contribution in [0.2, 0.25) is 0 Å². The molecule has 3 aromatic rings. The number of ether oxygens (including phenoxy) is 2. The van der Waals surface area contributed by atoms with Gasteiger partial charge in [-0.2, -0.15) is 0 Å². The number of sulfonamides is 1. The lowest BCUT2D eigenvalue weighted by Gasteiger charge is -2.28. The fourth-order valence-corrected chi connectivity index (χ4v) is 9.45. The van der Waals surface area contributed by atoms with Crippen LogP contribution in [0.15, 0.2) is 41.8 Å². The summed E-state index contributed by atoms with van der Waals surface area (Å²) in [4.78, 5) is 53.2. The number of thiazole rings is 1. The minimum Gasteiger partial charge on any atom is -0.497 e. The molecule has 7 rings (SSSR count). The molecule has 53 heavy (non-hydrogen) atoms. The number of amides is 3. The molecule has 5 atom stereocenters. The van der Waals surface area contributed by atoms with E-state index in [-0.39, 0.29) is 37.1 Å². The number of nitrogens with two attached hydrogens (primary N) is 1. The van der Waals surface area contributed by atoms with Crippen molar-refractivity contribution in [3.05, 3.63) is 47.5 Å². The first kappa shape index (κ1) is 37.2. The molecule has 3 amide bonds. The van der Waals surface area contributed by atoms with Crippen LogP contribution in [0.3, 0.4) is 0 Å². The maximum absolute atomic E-state index is 14.3. The minimum atomic E-state index is -3.95. The lowest BCUT2D eigenvalue weighted by molar-refractivity contribution is -0.140. The van der Waals surface area contributed by atoms with Gasteiger partial charge >= 0.3 is 0 Å². The van der Waals surface area contributed by atoms with Crippen LogP contribution in [0.5, 0.6) is 11.5 Å². The molecule has 4 aliphatic rings. The molecule has 4 N–H and O–H groups in total. The molecule has 1 aromatic carbocycles. The number of nitrogens with zero attached hydrogens (tertiary/aromatic N) is 3. The Hall–Kier alpha value is -4.08. The molecule has 3 fully saturated rings. The van der Waals surface area contributed by atoms with Crippen LogP contribution in [-0.4, -0.2) is 83.1 Å². The van der Waals surface area contributed by atoms with E-state index in [1.807, 2.05) is 41.8 Å². The van der Waals surface area contributed by atoms with Crippen molar-refractivity contribution in [2.24, 2.45) is 11.7 Å². The predicted molar refractivity (Wildman–Crippen MR) is 202 cm³/mol. The summed E-state index contributed by atoms with van der Waals surface area (Å²) in [7, 11) is -2.36. The fourth-order valence-electron chi connectivity index (χ4n) is 7.20. The van der Waals surface area contributed by atoms with Crippen LogP contribution in [-0.2, 0) is 24.4 Å². The number of fused-ring (bicyclic) bond motifs is 3. The standard InChI is InChI=1S/C38H48N6O7S2/c1-22(2)30-21-52-34(41-30)29-18-32(26-13-12-24(50-4)16-28(26)40-29)51-25-17-31-33(45)42-38(36(47)43-53(48,49)37(3)14-15-37)19-23(38)10-8-6-5-7-9-11-27(39)35(46)44(31)20-25/h8,10,12-13,16,18,21-23,25,27,31H,5-7,9,11,14-15,17,19-20,39H2,1-4H3,(H,42,45)(H,43,47)/t23-,25-,27+,31+,38-/m1/s1. The number of carbonyl (C=O) groups excluding carboxylic acids is 3. The number of hydrogen-bond donors (Lipinski definition) is 3. The van der Waals surface area contributed by atoms with E-state index in [0.29, 0.717) is 42.0 Å². The van der Waals surface area contributed by atoms with Gasteiger partial charge in [0, 0.05) is 35.2 Å². The highest BCUT2D eigenvalue weighted by Crippen LogP contribution is 2.47. The Morgan fingerprint density at radius 3 is 2.66 bits per heavy atom. The number of pyridine rings is 1. The number of hydrogen-bond acceptors (Lipinski definition) is 11. The molecule has 2 aliphatic heterocycles. The van der Waals surface area contributed by atoms with Crippen LogP contribution < -0.4 is 25.2 Å². The Kier molecular flexibility index (Phi) is 10.0. The smallest absolute Gasteiger partial charge is 0.259 e. The molecule has 2 aliphatic carbocycles. The van der Waals surface area contributed by atoms with Gasteiger partial charge in [0.15, 0.2) is 0 Å². The Morgan fingerprint density at radius 1 is 1.15 bits per heavy atom. The summed E-state index contributed by atoms with van der Waals surface area (Å²) < 4.78 is 39.6. The van der Waals surface area contributed by atoms with Gasteiger partial charge in [0.2, 0.25) is 21.8 Å². The molecule has 2 aromatic heterocycles. The lowest BCUT2D eigenvalue weighted by Crippen LogP contribution is -2.58. The minimum absolute atomic E-state index is 0.0872. The van der Waals surface area contributed by atoms with E-state index in [1.165, 1.54) is 16.2 Å². The third kappa shape index (κ3) is 7.39. The van der Waals surface area contributed by atoms with Crippen molar-refractivity contribution in [3.63, 3.8) is 0 Å². The summed E-state index contributed by atoms with van der Waals surface area (Å²) in [6.45, 7) is 5.86. The van der Waals surface area contributed by atoms with Gasteiger partial charge in [-0.05, 0) is 63.5 Å². The summed E-state index contributed by atoms with van der Waals surface area (Å²) in [6, 6.07) is 5.52. The summed E-state index contributed by atoms with van der Waals surface area (Å²) in [5.41, 5.74) is 7.22. The van der Waals surface area contributed by atoms with E-state index in [0.717, 1.165) is 41.8 Å². The summed E-state index contributed by atoms with van der Waals surface area (Å²) in [5.74, 6) is -0.681. The highest BCUT2D eigenvalue weighted by molar-refractivity contribution is 7.91. The van der Waals surface area contributed by atoms with Gasteiger partial charge in [0.05, 0.1) is 35.7 Å². The number of rotatable bonds is 8. The second-order valence-electron chi connectivity index (χ2n) is 15.4. The first-order valence-corrected chi connectivity index (χ1v) is 20.8. The molecule has 4 heterocycles. The average Bonchev–Trinajstić information content (AvgIpc) is 3.89. The van der Waals surface area contributed by atoms with E-state index < -0.39 is 50.3 Å². The average molecular weight is 765 g/mol. The number of aromatic nitrogens is 2. The van der Waals surface area contributed by atoms with Gasteiger partial charge in [-0.25, -0.2) is 18.4 Å². The molecule has 13 nitrogen and oxygen atoms in total. The largest absolute Gasteiger partial charge is 0.497 e. The summed E-state index contributed by atoms with van der Waals surface area (Å²) in [6.07, 6.45) is 8.29. The van der Waals surface area contributed by atoms with Crippen molar-refractivity contribution in [2.45, 2.75) is 113 Å². The molecule has 1 saturated heterocycles. The maximum Gasteiger partial charge on any atom is 0.259 e. The van der Waals surface area contributed by atoms with Crippen molar-refractivity contribution in [2.75, 3.05) is 13.7 Å². The molecule has 0 bridgehead atoms. The second-order valence-corrected chi connectivity index (χ2v) is 18.5. The normalized spacial score (nSPS) is 27.3. The van der Waals surface area contributed by atoms with Crippen molar-refractivity contribution >= 4 is 50.0 Å². The van der Waals surface area contributed by atoms with Crippen LogP contribution in [0.25, 0.3) is 21.6 Å². The van der Waals surface area contributed by atoms with Gasteiger partial charge in [0.1, 0.15) is 39.9 Å². The lowest BCUT2D eigenvalue weighted by atomic mass is 10.1. The predicted octanol–water partition coefficient (Wildman–Crippen LogP) is 4.56. The van der Waals surface area contributed by atoms with Gasteiger partial charge in [-0.1, -0.05) is 38.8 Å². The van der Waals surface area contributed by atoms with Crippen molar-refractivity contribution < 1.29 is 32.3 Å². The van der Waals surface area contributed by atoms with E-state index in [2.05, 4.69) is 23.9 Å². The zero-order valence-electron chi connectivity index (χ0n) is 30.6. The Morgan fingerprint density at radius 2 is 1.94 bits per heavy atom. The molecule has 0 radical (unpaired) electrons. The Labute approximate surface area is 314 Å². The SMILES string of the molecule is COc1ccc2c(O[C@@H]3C[C@H]4C(=O)N[C@]5(C(=O)NS(=O)(=O)C6(C)CC6)C[C@H]5C=CCCCCC[C@H](N)C(=O)N4C3)cc(-c3nc(C(C)C)cs3)nc2c1. The van der Waals surface area contributed by atoms with E-state index >= 15 is 0 Å². The Balaban J connectivity index is 1.20. The van der Waals surface area contributed by atoms with Crippen LogP contribution in [0.1, 0.15) is 90.2 Å². The van der Waals surface area contributed by atoms with Gasteiger partial charge in [0.25, 0.3) is 5.91 Å². The summed E-state index contributed by atoms with van der Waals surface area (Å²) >= 11 is 1.49. The highest BCUT2D eigenvalue weighted by atomic mass is 32.2. The fraction of sp³-hybridized carbons (Fsp3) is 0.553. The number of methoxy groups -OCH3 is 1. The second kappa shape index (κ2) is 14.3. The third-order valence-electron chi connectivity index (χ3n) is 11.1. The Bertz CT molecular complexity index is 2060. The number of carbonyl (C=O) groups is 3. The molecule has 2 saturated carbocycles. The molecule has 0 spiro atoms.